The zero-order chi connectivity index (χ0) is 12.3. The highest BCUT2D eigenvalue weighted by molar-refractivity contribution is 8.13. The third-order valence-corrected chi connectivity index (χ3v) is 3.53. The summed E-state index contributed by atoms with van der Waals surface area (Å²) < 4.78 is 0. The molecule has 1 N–H and O–H groups in total. The molecule has 1 aliphatic heterocycles. The van der Waals surface area contributed by atoms with Crippen LogP contribution in [0.2, 0.25) is 0 Å². The molecule has 1 aliphatic rings. The molecule has 0 saturated carbocycles. The van der Waals surface area contributed by atoms with Gasteiger partial charge in [0.25, 0.3) is 0 Å². The second kappa shape index (κ2) is 5.58. The van der Waals surface area contributed by atoms with Crippen LogP contribution in [0.1, 0.15) is 38.2 Å². The molecule has 0 fully saturated rings. The van der Waals surface area contributed by atoms with E-state index in [4.69, 9.17) is 4.98 Å². The molecule has 0 aliphatic carbocycles. The number of hydrogen-bond acceptors (Lipinski definition) is 4. The number of aromatic nitrogens is 2. The van der Waals surface area contributed by atoms with Crippen molar-refractivity contribution in [1.82, 2.24) is 9.97 Å². The Kier molecular flexibility index (Phi) is 4.10. The van der Waals surface area contributed by atoms with Crippen LogP contribution in [0, 0.1) is 0 Å². The van der Waals surface area contributed by atoms with E-state index in [0.29, 0.717) is 0 Å². The lowest BCUT2D eigenvalue weighted by Crippen LogP contribution is -2.29. The van der Waals surface area contributed by atoms with E-state index >= 15 is 0 Å². The number of thioether (sulfide) groups is 1. The van der Waals surface area contributed by atoms with Crippen molar-refractivity contribution in [2.45, 2.75) is 33.1 Å². The molecule has 0 unspecified atom stereocenters. The second-order valence-corrected chi connectivity index (χ2v) is 5.00. The van der Waals surface area contributed by atoms with Gasteiger partial charge in [-0.25, -0.2) is 4.98 Å². The molecule has 0 bridgehead atoms. The molecule has 1 aromatic heterocycles. The SMILES string of the molecule is CCCc1nc2c([nH]1)C(SC)=NCN2CCC. The summed E-state index contributed by atoms with van der Waals surface area (Å²) in [4.78, 5) is 15.0. The van der Waals surface area contributed by atoms with Crippen LogP contribution in [0.4, 0.5) is 5.82 Å². The molecule has 5 heteroatoms. The smallest absolute Gasteiger partial charge is 0.158 e. The van der Waals surface area contributed by atoms with E-state index in [1.165, 1.54) is 0 Å². The molecule has 0 aromatic carbocycles. The van der Waals surface area contributed by atoms with Gasteiger partial charge in [0.1, 0.15) is 23.2 Å². The summed E-state index contributed by atoms with van der Waals surface area (Å²) in [5.41, 5.74) is 1.11. The Morgan fingerprint density at radius 3 is 2.82 bits per heavy atom. The van der Waals surface area contributed by atoms with Crippen LogP contribution >= 0.6 is 11.8 Å². The lowest BCUT2D eigenvalue weighted by atomic mass is 10.3. The highest BCUT2D eigenvalue weighted by Crippen LogP contribution is 2.26. The van der Waals surface area contributed by atoms with Gasteiger partial charge >= 0.3 is 0 Å². The van der Waals surface area contributed by atoms with Crippen molar-refractivity contribution >= 4 is 22.6 Å². The van der Waals surface area contributed by atoms with Crippen LogP contribution in [0.25, 0.3) is 0 Å². The summed E-state index contributed by atoms with van der Waals surface area (Å²) in [5, 5.41) is 1.09. The number of rotatable bonds is 4. The first-order valence-corrected chi connectivity index (χ1v) is 7.45. The monoisotopic (exact) mass is 252 g/mol. The first-order chi connectivity index (χ1) is 8.30. The fourth-order valence-corrected chi connectivity index (χ4v) is 2.59. The van der Waals surface area contributed by atoms with Gasteiger partial charge in [-0.05, 0) is 19.1 Å². The van der Waals surface area contributed by atoms with Gasteiger partial charge < -0.3 is 9.88 Å². The third kappa shape index (κ3) is 2.49. The number of nitrogens with one attached hydrogen (secondary N) is 1. The lowest BCUT2D eigenvalue weighted by molar-refractivity contribution is 0.759. The molecule has 0 spiro atoms. The summed E-state index contributed by atoms with van der Waals surface area (Å²) in [7, 11) is 0. The molecule has 2 heterocycles. The second-order valence-electron chi connectivity index (χ2n) is 4.20. The molecule has 2 rings (SSSR count). The van der Waals surface area contributed by atoms with Crippen molar-refractivity contribution in [3.05, 3.63) is 11.5 Å². The summed E-state index contributed by atoms with van der Waals surface area (Å²) in [5.74, 6) is 2.18. The molecular weight excluding hydrogens is 232 g/mol. The van der Waals surface area contributed by atoms with Gasteiger partial charge in [0.2, 0.25) is 0 Å². The minimum Gasteiger partial charge on any atom is -0.338 e. The average molecular weight is 252 g/mol. The van der Waals surface area contributed by atoms with Crippen molar-refractivity contribution in [3.8, 4) is 0 Å². The summed E-state index contributed by atoms with van der Waals surface area (Å²) >= 11 is 1.69. The van der Waals surface area contributed by atoms with E-state index < -0.39 is 0 Å². The van der Waals surface area contributed by atoms with Crippen LogP contribution in [0.15, 0.2) is 4.99 Å². The van der Waals surface area contributed by atoms with E-state index in [0.717, 1.165) is 54.9 Å². The Labute approximate surface area is 107 Å². The number of aromatic amines is 1. The normalized spacial score (nSPS) is 14.8. The molecule has 17 heavy (non-hydrogen) atoms. The van der Waals surface area contributed by atoms with Crippen LogP contribution in [0.5, 0.6) is 0 Å². The maximum atomic E-state index is 4.71. The Bertz CT molecular complexity index is 411. The van der Waals surface area contributed by atoms with E-state index in [1.807, 2.05) is 0 Å². The molecule has 0 radical (unpaired) electrons. The van der Waals surface area contributed by atoms with Gasteiger partial charge in [-0.3, -0.25) is 4.99 Å². The number of H-pyrrole nitrogens is 1. The van der Waals surface area contributed by atoms with E-state index in [1.54, 1.807) is 11.8 Å². The van der Waals surface area contributed by atoms with Crippen LogP contribution < -0.4 is 4.90 Å². The van der Waals surface area contributed by atoms with Crippen LogP contribution in [-0.4, -0.2) is 34.5 Å². The Morgan fingerprint density at radius 1 is 1.35 bits per heavy atom. The zero-order valence-corrected chi connectivity index (χ0v) is 11.6. The first kappa shape index (κ1) is 12.5. The average Bonchev–Trinajstić information content (AvgIpc) is 2.74. The minimum absolute atomic E-state index is 0.743. The fraction of sp³-hybridized carbons (Fsp3) is 0.667. The highest BCUT2D eigenvalue weighted by Gasteiger charge is 2.23. The molecule has 0 saturated heterocycles. The Morgan fingerprint density at radius 2 is 2.18 bits per heavy atom. The van der Waals surface area contributed by atoms with Gasteiger partial charge in [-0.1, -0.05) is 13.8 Å². The number of imidazole rings is 1. The predicted molar refractivity (Wildman–Crippen MR) is 75.1 cm³/mol. The number of fused-ring (bicyclic) bond motifs is 1. The minimum atomic E-state index is 0.743. The first-order valence-electron chi connectivity index (χ1n) is 6.22. The highest BCUT2D eigenvalue weighted by atomic mass is 32.2. The number of anilines is 1. The number of aliphatic imine (C=N–C) groups is 1. The van der Waals surface area contributed by atoms with Crippen molar-refractivity contribution in [2.75, 3.05) is 24.4 Å². The maximum Gasteiger partial charge on any atom is 0.158 e. The summed E-state index contributed by atoms with van der Waals surface area (Å²) in [6.45, 7) is 6.13. The van der Waals surface area contributed by atoms with Gasteiger partial charge in [0, 0.05) is 13.0 Å². The maximum absolute atomic E-state index is 4.71. The quantitative estimate of drug-likeness (QED) is 0.896. The number of hydrogen-bond donors (Lipinski definition) is 1. The Hall–Kier alpha value is -0.970. The molecule has 0 atom stereocenters. The summed E-state index contributed by atoms with van der Waals surface area (Å²) in [6.07, 6.45) is 5.32. The van der Waals surface area contributed by atoms with Gasteiger partial charge in [-0.2, -0.15) is 0 Å². The molecule has 0 amide bonds. The van der Waals surface area contributed by atoms with E-state index in [-0.39, 0.29) is 0 Å². The van der Waals surface area contributed by atoms with Gasteiger partial charge in [0.05, 0.1) is 0 Å². The van der Waals surface area contributed by atoms with Gasteiger partial charge in [0.15, 0.2) is 5.82 Å². The number of nitrogens with zero attached hydrogens (tertiary/aromatic N) is 3. The standard InChI is InChI=1S/C12H20N4S/c1-4-6-9-14-10-11(15-9)16(7-5-2)8-13-12(10)17-3/h4-8H2,1-3H3,(H,14,15). The molecule has 4 nitrogen and oxygen atoms in total. The number of aryl methyl sites for hydroxylation is 1. The summed E-state index contributed by atoms with van der Waals surface area (Å²) in [6, 6.07) is 0. The largest absolute Gasteiger partial charge is 0.338 e. The fourth-order valence-electron chi connectivity index (χ4n) is 2.05. The van der Waals surface area contributed by atoms with Crippen molar-refractivity contribution in [3.63, 3.8) is 0 Å². The van der Waals surface area contributed by atoms with Gasteiger partial charge in [-0.15, -0.1) is 11.8 Å². The van der Waals surface area contributed by atoms with Crippen molar-refractivity contribution < 1.29 is 0 Å². The van der Waals surface area contributed by atoms with Crippen molar-refractivity contribution in [1.29, 1.82) is 0 Å². The topological polar surface area (TPSA) is 44.3 Å². The molecule has 1 aromatic rings. The van der Waals surface area contributed by atoms with E-state index in [2.05, 4.69) is 35.0 Å². The van der Waals surface area contributed by atoms with Crippen molar-refractivity contribution in [2.24, 2.45) is 4.99 Å². The Balaban J connectivity index is 2.32. The molecule has 94 valence electrons. The third-order valence-electron chi connectivity index (χ3n) is 2.81. The zero-order valence-electron chi connectivity index (χ0n) is 10.8. The predicted octanol–water partition coefficient (Wildman–Crippen LogP) is 2.66. The van der Waals surface area contributed by atoms with E-state index in [9.17, 15) is 0 Å². The molecular formula is C12H20N4S. The van der Waals surface area contributed by atoms with Crippen LogP contribution in [-0.2, 0) is 6.42 Å². The lowest BCUT2D eigenvalue weighted by Gasteiger charge is -2.25. The van der Waals surface area contributed by atoms with Crippen LogP contribution in [0.3, 0.4) is 0 Å².